The lowest BCUT2D eigenvalue weighted by Gasteiger charge is -2.20. The maximum absolute atomic E-state index is 5.47. The first-order valence-electron chi connectivity index (χ1n) is 5.27. The maximum atomic E-state index is 5.47. The second-order valence-electron chi connectivity index (χ2n) is 4.23. The van der Waals surface area contributed by atoms with Gasteiger partial charge in [-0.1, -0.05) is 19.1 Å². The number of hydrogen-bond acceptors (Lipinski definition) is 1. The predicted molar refractivity (Wildman–Crippen MR) is 54.6 cm³/mol. The summed E-state index contributed by atoms with van der Waals surface area (Å²) in [7, 11) is 0. The van der Waals surface area contributed by atoms with E-state index in [0.29, 0.717) is 5.92 Å². The van der Waals surface area contributed by atoms with Crippen molar-refractivity contribution in [3.8, 4) is 0 Å². The molecule has 1 atom stereocenters. The van der Waals surface area contributed by atoms with E-state index in [2.05, 4.69) is 13.5 Å². The van der Waals surface area contributed by atoms with E-state index >= 15 is 0 Å². The van der Waals surface area contributed by atoms with Gasteiger partial charge in [-0.25, -0.2) is 0 Å². The Hall–Kier alpha value is -0.560. The van der Waals surface area contributed by atoms with Gasteiger partial charge in [-0.3, -0.25) is 0 Å². The van der Waals surface area contributed by atoms with Gasteiger partial charge in [0.2, 0.25) is 0 Å². The normalized spacial score (nSPS) is 35.5. The lowest BCUT2D eigenvalue weighted by Crippen LogP contribution is -2.05. The molecule has 0 aromatic heterocycles. The van der Waals surface area contributed by atoms with Crippen LogP contribution >= 0.6 is 0 Å². The molecule has 1 unspecified atom stereocenters. The molecule has 0 amide bonds. The van der Waals surface area contributed by atoms with Crippen molar-refractivity contribution in [2.24, 2.45) is 5.92 Å². The molecule has 0 aromatic carbocycles. The highest BCUT2D eigenvalue weighted by Gasteiger charge is 2.23. The van der Waals surface area contributed by atoms with Gasteiger partial charge in [0.05, 0.1) is 13.2 Å². The van der Waals surface area contributed by atoms with Gasteiger partial charge >= 0.3 is 0 Å². The molecule has 0 radical (unpaired) electrons. The molecule has 1 saturated carbocycles. The fraction of sp³-hybridized carbons (Fsp3) is 0.667. The van der Waals surface area contributed by atoms with Crippen molar-refractivity contribution in [1.82, 2.24) is 0 Å². The van der Waals surface area contributed by atoms with E-state index in [0.717, 1.165) is 13.2 Å². The molecule has 1 aliphatic heterocycles. The van der Waals surface area contributed by atoms with Gasteiger partial charge < -0.3 is 4.74 Å². The van der Waals surface area contributed by atoms with E-state index in [4.69, 9.17) is 4.74 Å². The lowest BCUT2D eigenvalue weighted by atomic mass is 9.84. The molecule has 1 heterocycles. The lowest BCUT2D eigenvalue weighted by molar-refractivity contribution is 0.191. The number of hydrogen-bond donors (Lipinski definition) is 0. The summed E-state index contributed by atoms with van der Waals surface area (Å²) < 4.78 is 5.47. The van der Waals surface area contributed by atoms with Gasteiger partial charge in [0, 0.05) is 5.92 Å². The highest BCUT2D eigenvalue weighted by molar-refractivity contribution is 5.37. The fourth-order valence-corrected chi connectivity index (χ4v) is 2.33. The van der Waals surface area contributed by atoms with E-state index in [1.54, 1.807) is 0 Å². The van der Waals surface area contributed by atoms with E-state index in [9.17, 15) is 0 Å². The van der Waals surface area contributed by atoms with Crippen molar-refractivity contribution in [2.45, 2.75) is 32.6 Å². The molecule has 2 rings (SSSR count). The van der Waals surface area contributed by atoms with Crippen molar-refractivity contribution < 1.29 is 4.74 Å². The second kappa shape index (κ2) is 3.67. The van der Waals surface area contributed by atoms with Crippen LogP contribution in [0.3, 0.4) is 0 Å². The predicted octanol–water partition coefficient (Wildman–Crippen LogP) is 3.08. The Kier molecular flexibility index (Phi) is 2.54. The van der Waals surface area contributed by atoms with E-state index in [1.165, 1.54) is 42.4 Å². The minimum absolute atomic E-state index is 0.629. The summed E-state index contributed by atoms with van der Waals surface area (Å²) >= 11 is 0. The summed E-state index contributed by atoms with van der Waals surface area (Å²) in [6.07, 6.45) is 5.10. The van der Waals surface area contributed by atoms with Crippen LogP contribution in [0.5, 0.6) is 0 Å². The standard InChI is InChI=1S/C12H18O/c1-9-5-3-4-6-11(9)12-8-13-7-10(12)2/h10H,1,3-8H2,2H3/b12-11-. The van der Waals surface area contributed by atoms with Gasteiger partial charge in [-0.05, 0) is 36.8 Å². The molecular formula is C12H18O. The smallest absolute Gasteiger partial charge is 0.0686 e. The molecule has 0 N–H and O–H groups in total. The molecule has 0 bridgehead atoms. The summed E-state index contributed by atoms with van der Waals surface area (Å²) in [6, 6.07) is 0. The Morgan fingerprint density at radius 1 is 1.31 bits per heavy atom. The van der Waals surface area contributed by atoms with Crippen LogP contribution in [0, 0.1) is 5.92 Å². The van der Waals surface area contributed by atoms with Crippen LogP contribution in [-0.2, 0) is 4.74 Å². The Bertz CT molecular complexity index is 250. The first-order chi connectivity index (χ1) is 6.29. The van der Waals surface area contributed by atoms with Gasteiger partial charge in [-0.2, -0.15) is 0 Å². The molecule has 2 aliphatic rings. The topological polar surface area (TPSA) is 9.23 Å². The van der Waals surface area contributed by atoms with E-state index in [1.807, 2.05) is 0 Å². The third-order valence-electron chi connectivity index (χ3n) is 3.19. The molecular weight excluding hydrogens is 160 g/mol. The maximum Gasteiger partial charge on any atom is 0.0686 e. The van der Waals surface area contributed by atoms with Crippen molar-refractivity contribution in [3.63, 3.8) is 0 Å². The zero-order chi connectivity index (χ0) is 9.26. The zero-order valence-electron chi connectivity index (χ0n) is 8.44. The minimum atomic E-state index is 0.629. The SMILES string of the molecule is C=C1CCCC/C1=C1\COCC1C. The number of rotatable bonds is 0. The molecule has 1 heteroatoms. The first-order valence-corrected chi connectivity index (χ1v) is 5.27. The minimum Gasteiger partial charge on any atom is -0.376 e. The third kappa shape index (κ3) is 1.71. The van der Waals surface area contributed by atoms with Gasteiger partial charge in [-0.15, -0.1) is 0 Å². The summed E-state index contributed by atoms with van der Waals surface area (Å²) in [4.78, 5) is 0. The molecule has 1 nitrogen and oxygen atoms in total. The highest BCUT2D eigenvalue weighted by Crippen LogP contribution is 2.34. The molecule has 72 valence electrons. The van der Waals surface area contributed by atoms with E-state index in [-0.39, 0.29) is 0 Å². The van der Waals surface area contributed by atoms with Crippen LogP contribution in [0.4, 0.5) is 0 Å². The van der Waals surface area contributed by atoms with Crippen molar-refractivity contribution in [3.05, 3.63) is 23.3 Å². The molecule has 13 heavy (non-hydrogen) atoms. The quantitative estimate of drug-likeness (QED) is 0.554. The average molecular weight is 178 g/mol. The zero-order valence-corrected chi connectivity index (χ0v) is 8.44. The van der Waals surface area contributed by atoms with Crippen LogP contribution in [0.2, 0.25) is 0 Å². The Labute approximate surface area is 80.5 Å². The third-order valence-corrected chi connectivity index (χ3v) is 3.19. The van der Waals surface area contributed by atoms with Gasteiger partial charge in [0.15, 0.2) is 0 Å². The number of allylic oxidation sites excluding steroid dienone is 2. The molecule has 0 spiro atoms. The molecule has 1 saturated heterocycles. The van der Waals surface area contributed by atoms with Crippen molar-refractivity contribution in [2.75, 3.05) is 13.2 Å². The molecule has 2 fully saturated rings. The van der Waals surface area contributed by atoms with Gasteiger partial charge in [0.1, 0.15) is 0 Å². The Balaban J connectivity index is 2.24. The van der Waals surface area contributed by atoms with Crippen molar-refractivity contribution >= 4 is 0 Å². The van der Waals surface area contributed by atoms with E-state index < -0.39 is 0 Å². The summed E-state index contributed by atoms with van der Waals surface area (Å²) in [5, 5.41) is 0. The number of ether oxygens (including phenoxy) is 1. The second-order valence-corrected chi connectivity index (χ2v) is 4.23. The Morgan fingerprint density at radius 3 is 2.69 bits per heavy atom. The summed E-state index contributed by atoms with van der Waals surface area (Å²) in [5.74, 6) is 0.629. The monoisotopic (exact) mass is 178 g/mol. The summed E-state index contributed by atoms with van der Waals surface area (Å²) in [5.41, 5.74) is 4.44. The van der Waals surface area contributed by atoms with Gasteiger partial charge in [0.25, 0.3) is 0 Å². The molecule has 0 aromatic rings. The van der Waals surface area contributed by atoms with Crippen molar-refractivity contribution in [1.29, 1.82) is 0 Å². The summed E-state index contributed by atoms with van der Waals surface area (Å²) in [6.45, 7) is 8.19. The average Bonchev–Trinajstić information content (AvgIpc) is 2.52. The van der Waals surface area contributed by atoms with Crippen LogP contribution in [0.1, 0.15) is 32.6 Å². The van der Waals surface area contributed by atoms with Crippen LogP contribution in [-0.4, -0.2) is 13.2 Å². The van der Waals surface area contributed by atoms with Crippen LogP contribution in [0.25, 0.3) is 0 Å². The fourth-order valence-electron chi connectivity index (χ4n) is 2.33. The first kappa shape index (κ1) is 9.01. The molecule has 1 aliphatic carbocycles. The van der Waals surface area contributed by atoms with Crippen LogP contribution < -0.4 is 0 Å². The Morgan fingerprint density at radius 2 is 2.08 bits per heavy atom. The highest BCUT2D eigenvalue weighted by atomic mass is 16.5. The van der Waals surface area contributed by atoms with Crippen LogP contribution in [0.15, 0.2) is 23.3 Å². The largest absolute Gasteiger partial charge is 0.376 e.